The summed E-state index contributed by atoms with van der Waals surface area (Å²) >= 11 is 0. The van der Waals surface area contributed by atoms with E-state index >= 15 is 0 Å². The molecule has 2 rings (SSSR count). The molecule has 228 valence electrons. The average Bonchev–Trinajstić information content (AvgIpc) is 3.13. The molecule has 2 fully saturated rings. The van der Waals surface area contributed by atoms with Gasteiger partial charge in [0.15, 0.2) is 0 Å². The van der Waals surface area contributed by atoms with E-state index in [1.807, 2.05) is 41.5 Å². The molecule has 1 saturated carbocycles. The number of alkyl halides is 4. The van der Waals surface area contributed by atoms with Crippen LogP contribution in [0.3, 0.4) is 0 Å². The largest absolute Gasteiger partial charge is 0.380 e. The Bertz CT molecular complexity index is 550. The molecule has 1 atom stereocenters. The van der Waals surface area contributed by atoms with Gasteiger partial charge < -0.3 is 4.74 Å². The van der Waals surface area contributed by atoms with Gasteiger partial charge in [0.05, 0.1) is 19.4 Å². The molecule has 0 spiro atoms. The first-order chi connectivity index (χ1) is 15.5. The van der Waals surface area contributed by atoms with Crippen molar-refractivity contribution in [3.05, 3.63) is 0 Å². The zero-order valence-corrected chi connectivity index (χ0v) is 26.7. The predicted octanol–water partition coefficient (Wildman–Crippen LogP) is 11.9. The van der Waals surface area contributed by atoms with E-state index in [0.29, 0.717) is 17.3 Å². The average molecular weight is 543 g/mol. The van der Waals surface area contributed by atoms with Crippen molar-refractivity contribution in [2.45, 2.75) is 168 Å². The van der Waals surface area contributed by atoms with Crippen molar-refractivity contribution in [2.75, 3.05) is 13.2 Å². The standard InChI is InChI=1S/C9H18O.C8H15F.C7H14F2.C7H15F.CH4/c1-8(2,3)5-9(4)6-10-7-9;1-7(2,3)6-8(9)4-5-8;1-6(2,3)5-7(4,8)9;1-6(8)5-7(2,3)4;/h5-7H2,1-4H3;4-6H2,1-3H3;5H2,1-4H3;6H,5H2,1-4H3;1H4. The molecule has 0 aromatic carbocycles. The molecule has 1 nitrogen and oxygen atoms in total. The summed E-state index contributed by atoms with van der Waals surface area (Å²) in [5, 5.41) is 0. The Kier molecular flexibility index (Phi) is 16.6. The van der Waals surface area contributed by atoms with Crippen molar-refractivity contribution in [3.8, 4) is 0 Å². The molecule has 1 aliphatic carbocycles. The van der Waals surface area contributed by atoms with Gasteiger partial charge in [-0.25, -0.2) is 17.6 Å². The molecule has 5 heteroatoms. The summed E-state index contributed by atoms with van der Waals surface area (Å²) in [5.41, 5.74) is 0.229. The fourth-order valence-electron chi connectivity index (χ4n) is 4.87. The summed E-state index contributed by atoms with van der Waals surface area (Å²) in [7, 11) is 0. The lowest BCUT2D eigenvalue weighted by atomic mass is 9.74. The lowest BCUT2D eigenvalue weighted by Crippen LogP contribution is -2.42. The van der Waals surface area contributed by atoms with E-state index in [2.05, 4.69) is 48.5 Å². The van der Waals surface area contributed by atoms with Gasteiger partial charge >= 0.3 is 0 Å². The van der Waals surface area contributed by atoms with Gasteiger partial charge in [-0.05, 0) is 67.6 Å². The van der Waals surface area contributed by atoms with Gasteiger partial charge in [-0.3, -0.25) is 0 Å². The number of hydrogen-bond donors (Lipinski definition) is 0. The molecule has 0 aromatic heterocycles. The van der Waals surface area contributed by atoms with Crippen LogP contribution in [0.5, 0.6) is 0 Å². The third-order valence-electron chi connectivity index (χ3n) is 5.23. The third kappa shape index (κ3) is 31.8. The third-order valence-corrected chi connectivity index (χ3v) is 5.23. The molecule has 37 heavy (non-hydrogen) atoms. The van der Waals surface area contributed by atoms with Crippen molar-refractivity contribution >= 4 is 0 Å². The van der Waals surface area contributed by atoms with E-state index in [4.69, 9.17) is 4.74 Å². The van der Waals surface area contributed by atoms with Gasteiger partial charge in [-0.2, -0.15) is 0 Å². The van der Waals surface area contributed by atoms with Crippen LogP contribution in [-0.4, -0.2) is 31.0 Å². The van der Waals surface area contributed by atoms with Crippen LogP contribution in [0.25, 0.3) is 0 Å². The highest BCUT2D eigenvalue weighted by molar-refractivity contribution is 4.96. The van der Waals surface area contributed by atoms with Crippen molar-refractivity contribution in [3.63, 3.8) is 0 Å². The molecule has 1 aliphatic heterocycles. The molecule has 2 aliphatic rings. The Morgan fingerprint density at radius 2 is 1.08 bits per heavy atom. The fraction of sp³-hybridized carbons (Fsp3) is 1.00. The van der Waals surface area contributed by atoms with E-state index in [0.717, 1.165) is 39.4 Å². The Hall–Kier alpha value is -0.320. The second-order valence-electron chi connectivity index (χ2n) is 16.8. The highest BCUT2D eigenvalue weighted by atomic mass is 19.3. The van der Waals surface area contributed by atoms with Gasteiger partial charge in [0, 0.05) is 11.8 Å². The first kappa shape index (κ1) is 41.2. The van der Waals surface area contributed by atoms with Crippen LogP contribution in [0.2, 0.25) is 0 Å². The van der Waals surface area contributed by atoms with Crippen molar-refractivity contribution in [1.82, 2.24) is 0 Å². The van der Waals surface area contributed by atoms with Crippen LogP contribution < -0.4 is 0 Å². The van der Waals surface area contributed by atoms with Crippen LogP contribution in [0, 0.1) is 27.1 Å². The van der Waals surface area contributed by atoms with Crippen LogP contribution in [0.1, 0.15) is 150 Å². The van der Waals surface area contributed by atoms with Gasteiger partial charge in [0.2, 0.25) is 5.92 Å². The minimum absolute atomic E-state index is 0. The summed E-state index contributed by atoms with van der Waals surface area (Å²) in [6.45, 7) is 31.5. The minimum Gasteiger partial charge on any atom is -0.380 e. The molecule has 0 radical (unpaired) electrons. The van der Waals surface area contributed by atoms with Crippen LogP contribution in [0.4, 0.5) is 17.6 Å². The molecule has 0 bridgehead atoms. The molecule has 1 heterocycles. The van der Waals surface area contributed by atoms with Crippen LogP contribution in [-0.2, 0) is 4.74 Å². The number of hydrogen-bond acceptors (Lipinski definition) is 1. The van der Waals surface area contributed by atoms with E-state index in [9.17, 15) is 17.6 Å². The molecule has 0 N–H and O–H groups in total. The summed E-state index contributed by atoms with van der Waals surface area (Å²) in [6.07, 6.45) is 3.57. The fourth-order valence-corrected chi connectivity index (χ4v) is 4.87. The van der Waals surface area contributed by atoms with Gasteiger partial charge in [-0.1, -0.05) is 97.4 Å². The van der Waals surface area contributed by atoms with Crippen molar-refractivity contribution < 1.29 is 22.3 Å². The van der Waals surface area contributed by atoms with Crippen LogP contribution in [0.15, 0.2) is 0 Å². The molecule has 0 amide bonds. The molecular formula is C32H66F4O. The maximum atomic E-state index is 13.0. The molecule has 0 aromatic rings. The minimum atomic E-state index is -2.52. The molecule has 1 saturated heterocycles. The first-order valence-corrected chi connectivity index (χ1v) is 13.7. The zero-order valence-electron chi connectivity index (χ0n) is 26.7. The van der Waals surface area contributed by atoms with Gasteiger partial charge in [0.1, 0.15) is 5.67 Å². The number of rotatable bonds is 4. The SMILES string of the molecule is C.CC(C)(C)CC(C)(F)F.CC(C)(C)CC1(C)COC1.CC(C)(C)CC1(F)CC1.CC(F)CC(C)(C)C. The summed E-state index contributed by atoms with van der Waals surface area (Å²) in [6, 6.07) is 0. The second kappa shape index (κ2) is 14.9. The Morgan fingerprint density at radius 3 is 1.14 bits per heavy atom. The van der Waals surface area contributed by atoms with Crippen molar-refractivity contribution in [2.24, 2.45) is 27.1 Å². The van der Waals surface area contributed by atoms with Gasteiger partial charge in [-0.15, -0.1) is 0 Å². The summed E-state index contributed by atoms with van der Waals surface area (Å²) in [5.74, 6) is -2.52. The van der Waals surface area contributed by atoms with E-state index in [1.54, 1.807) is 6.92 Å². The monoisotopic (exact) mass is 543 g/mol. The highest BCUT2D eigenvalue weighted by Crippen LogP contribution is 2.47. The van der Waals surface area contributed by atoms with Crippen molar-refractivity contribution in [1.29, 1.82) is 0 Å². The van der Waals surface area contributed by atoms with E-state index < -0.39 is 17.8 Å². The Morgan fingerprint density at radius 1 is 0.703 bits per heavy atom. The number of halogens is 4. The Balaban J connectivity index is -0.000000414. The van der Waals surface area contributed by atoms with E-state index in [-0.39, 0.29) is 30.1 Å². The van der Waals surface area contributed by atoms with Crippen LogP contribution >= 0.6 is 0 Å². The zero-order chi connectivity index (χ0) is 29.4. The lowest BCUT2D eigenvalue weighted by molar-refractivity contribution is -0.119. The second-order valence-corrected chi connectivity index (χ2v) is 16.8. The lowest BCUT2D eigenvalue weighted by Gasteiger charge is -2.42. The highest BCUT2D eigenvalue weighted by Gasteiger charge is 2.45. The predicted molar refractivity (Wildman–Crippen MR) is 156 cm³/mol. The van der Waals surface area contributed by atoms with E-state index in [1.165, 1.54) is 6.42 Å². The number of ether oxygens (including phenoxy) is 1. The van der Waals surface area contributed by atoms with Gasteiger partial charge in [0.25, 0.3) is 0 Å². The quantitative estimate of drug-likeness (QED) is 0.321. The Labute approximate surface area is 230 Å². The smallest absolute Gasteiger partial charge is 0.245 e. The first-order valence-electron chi connectivity index (χ1n) is 13.7. The maximum Gasteiger partial charge on any atom is 0.245 e. The summed E-state index contributed by atoms with van der Waals surface area (Å²) < 4.78 is 54.8. The summed E-state index contributed by atoms with van der Waals surface area (Å²) in [4.78, 5) is 0. The maximum absolute atomic E-state index is 13.0. The normalized spacial score (nSPS) is 19.2. The molecular weight excluding hydrogens is 476 g/mol. The topological polar surface area (TPSA) is 9.23 Å². The molecule has 1 unspecified atom stereocenters.